The Bertz CT molecular complexity index is 1400. The standard InChI is InChI=1S/C32H32N4O2/c1-25(2)31(37)33-16-10-17-34-32(38)30-19-29(23-36(24-30)21-27-13-7-4-8-14-27)28-15-9-18-35(22-28)20-26-11-5-3-6-12-26/h3-9,11-15,18-19,22-24H,1,10,16-17,20-21H2,2H3/p+2. The molecule has 0 atom stereocenters. The highest BCUT2D eigenvalue weighted by atomic mass is 16.2. The van der Waals surface area contributed by atoms with Crippen LogP contribution in [0.2, 0.25) is 0 Å². The fraction of sp³-hybridized carbons (Fsp3) is 0.188. The third kappa shape index (κ3) is 7.71. The molecule has 0 saturated heterocycles. The van der Waals surface area contributed by atoms with E-state index >= 15 is 0 Å². The molecule has 6 heteroatoms. The molecule has 0 spiro atoms. The summed E-state index contributed by atoms with van der Waals surface area (Å²) in [4.78, 5) is 24.8. The van der Waals surface area contributed by atoms with Gasteiger partial charge in [0.25, 0.3) is 5.91 Å². The maximum absolute atomic E-state index is 13.1. The van der Waals surface area contributed by atoms with Crippen molar-refractivity contribution in [1.82, 2.24) is 10.6 Å². The van der Waals surface area contributed by atoms with Crippen molar-refractivity contribution in [2.24, 2.45) is 0 Å². The van der Waals surface area contributed by atoms with E-state index in [4.69, 9.17) is 0 Å². The molecule has 2 aromatic carbocycles. The van der Waals surface area contributed by atoms with Crippen LogP contribution in [0.4, 0.5) is 0 Å². The Labute approximate surface area is 224 Å². The molecule has 4 rings (SSSR count). The van der Waals surface area contributed by atoms with Crippen LogP contribution < -0.4 is 19.8 Å². The summed E-state index contributed by atoms with van der Waals surface area (Å²) in [6.07, 6.45) is 8.76. The van der Waals surface area contributed by atoms with Gasteiger partial charge in [0.15, 0.2) is 37.9 Å². The van der Waals surface area contributed by atoms with E-state index < -0.39 is 0 Å². The van der Waals surface area contributed by atoms with Gasteiger partial charge in [0, 0.05) is 35.9 Å². The SMILES string of the molecule is C=C(C)C(=O)NCCCNC(=O)c1cc(-c2ccc[n+](Cc3ccccc3)c2)c[n+](Cc2ccccc2)c1. The topological polar surface area (TPSA) is 66.0 Å². The lowest BCUT2D eigenvalue weighted by atomic mass is 10.1. The lowest BCUT2D eigenvalue weighted by molar-refractivity contribution is -0.689. The zero-order valence-electron chi connectivity index (χ0n) is 21.8. The van der Waals surface area contributed by atoms with Gasteiger partial charge in [-0.05, 0) is 25.5 Å². The van der Waals surface area contributed by atoms with Crippen LogP contribution in [0.25, 0.3) is 11.1 Å². The Morgan fingerprint density at radius 1 is 0.737 bits per heavy atom. The summed E-state index contributed by atoms with van der Waals surface area (Å²) in [5.74, 6) is -0.314. The molecule has 0 radical (unpaired) electrons. The Balaban J connectivity index is 1.54. The Hall–Kier alpha value is -4.58. The monoisotopic (exact) mass is 506 g/mol. The summed E-state index contributed by atoms with van der Waals surface area (Å²) in [7, 11) is 0. The molecule has 0 aliphatic heterocycles. The smallest absolute Gasteiger partial charge is 0.257 e. The molecule has 6 nitrogen and oxygen atoms in total. The predicted octanol–water partition coefficient (Wildman–Crippen LogP) is 3.84. The molecule has 0 unspecified atom stereocenters. The van der Waals surface area contributed by atoms with E-state index in [0.29, 0.717) is 37.2 Å². The van der Waals surface area contributed by atoms with E-state index in [9.17, 15) is 9.59 Å². The van der Waals surface area contributed by atoms with Crippen molar-refractivity contribution in [3.63, 3.8) is 0 Å². The molecular weight excluding hydrogens is 472 g/mol. The molecule has 2 amide bonds. The number of pyridine rings is 2. The first-order valence-electron chi connectivity index (χ1n) is 12.8. The summed E-state index contributed by atoms with van der Waals surface area (Å²) in [6, 6.07) is 26.6. The van der Waals surface area contributed by atoms with Crippen molar-refractivity contribution < 1.29 is 18.7 Å². The van der Waals surface area contributed by atoms with Gasteiger partial charge in [-0.3, -0.25) is 9.59 Å². The fourth-order valence-corrected chi connectivity index (χ4v) is 4.13. The lowest BCUT2D eigenvalue weighted by Gasteiger charge is -2.08. The number of rotatable bonds is 11. The molecule has 0 aliphatic carbocycles. The number of amides is 2. The second-order valence-electron chi connectivity index (χ2n) is 9.37. The maximum atomic E-state index is 13.1. The van der Waals surface area contributed by atoms with Gasteiger partial charge in [-0.25, -0.2) is 4.57 Å². The van der Waals surface area contributed by atoms with Crippen LogP contribution in [-0.4, -0.2) is 24.9 Å². The van der Waals surface area contributed by atoms with Crippen molar-refractivity contribution in [2.75, 3.05) is 13.1 Å². The number of nitrogens with zero attached hydrogens (tertiary/aromatic N) is 2. The van der Waals surface area contributed by atoms with Crippen molar-refractivity contribution in [3.8, 4) is 11.1 Å². The zero-order valence-corrected chi connectivity index (χ0v) is 21.8. The summed E-state index contributed by atoms with van der Waals surface area (Å²) in [5.41, 5.74) is 5.43. The first kappa shape index (κ1) is 26.5. The second kappa shape index (κ2) is 13.1. The minimum absolute atomic E-state index is 0.145. The van der Waals surface area contributed by atoms with Crippen molar-refractivity contribution in [3.05, 3.63) is 132 Å². The highest BCUT2D eigenvalue weighted by molar-refractivity contribution is 5.94. The van der Waals surface area contributed by atoms with Crippen molar-refractivity contribution >= 4 is 11.8 Å². The van der Waals surface area contributed by atoms with Gasteiger partial charge in [-0.2, -0.15) is 4.57 Å². The van der Waals surface area contributed by atoms with Crippen LogP contribution in [0, 0.1) is 0 Å². The Morgan fingerprint density at radius 3 is 2.00 bits per heavy atom. The molecule has 0 aliphatic rings. The molecule has 2 N–H and O–H groups in total. The highest BCUT2D eigenvalue weighted by Gasteiger charge is 2.17. The molecule has 38 heavy (non-hydrogen) atoms. The van der Waals surface area contributed by atoms with Crippen molar-refractivity contribution in [1.29, 1.82) is 0 Å². The summed E-state index contributed by atoms with van der Waals surface area (Å²) < 4.78 is 4.21. The van der Waals surface area contributed by atoms with Crippen molar-refractivity contribution in [2.45, 2.75) is 26.4 Å². The minimum atomic E-state index is -0.168. The van der Waals surface area contributed by atoms with E-state index in [0.717, 1.165) is 23.2 Å². The van der Waals surface area contributed by atoms with E-state index in [-0.39, 0.29) is 11.8 Å². The van der Waals surface area contributed by atoms with Gasteiger partial charge in [0.1, 0.15) is 5.56 Å². The average molecular weight is 507 g/mol. The number of hydrogen-bond acceptors (Lipinski definition) is 2. The van der Waals surface area contributed by atoms with E-state index in [1.165, 1.54) is 5.56 Å². The molecule has 0 bridgehead atoms. The minimum Gasteiger partial charge on any atom is -0.352 e. The van der Waals surface area contributed by atoms with Gasteiger partial charge >= 0.3 is 0 Å². The van der Waals surface area contributed by atoms with Crippen LogP contribution in [0.1, 0.15) is 34.8 Å². The summed E-state index contributed by atoms with van der Waals surface area (Å²) >= 11 is 0. The Morgan fingerprint density at radius 2 is 1.34 bits per heavy atom. The van der Waals surface area contributed by atoms with Crippen LogP contribution in [0.3, 0.4) is 0 Å². The normalized spacial score (nSPS) is 10.6. The van der Waals surface area contributed by atoms with Gasteiger partial charge in [-0.1, -0.05) is 67.2 Å². The first-order chi connectivity index (χ1) is 18.5. The molecular formula is C32H34N4O2+2. The maximum Gasteiger partial charge on any atom is 0.257 e. The number of hydrogen-bond donors (Lipinski definition) is 2. The van der Waals surface area contributed by atoms with Gasteiger partial charge in [-0.15, -0.1) is 0 Å². The number of benzene rings is 2. The van der Waals surface area contributed by atoms with Crippen LogP contribution in [-0.2, 0) is 17.9 Å². The van der Waals surface area contributed by atoms with E-state index in [1.54, 1.807) is 6.92 Å². The third-order valence-electron chi connectivity index (χ3n) is 6.10. The molecule has 4 aromatic rings. The van der Waals surface area contributed by atoms with Crippen LogP contribution >= 0.6 is 0 Å². The third-order valence-corrected chi connectivity index (χ3v) is 6.10. The van der Waals surface area contributed by atoms with Gasteiger partial charge in [0.2, 0.25) is 5.91 Å². The summed E-state index contributed by atoms with van der Waals surface area (Å²) in [6.45, 7) is 7.66. The molecule has 2 aromatic heterocycles. The van der Waals surface area contributed by atoms with E-state index in [1.807, 2.05) is 54.7 Å². The first-order valence-corrected chi connectivity index (χ1v) is 12.8. The molecule has 192 valence electrons. The quantitative estimate of drug-likeness (QED) is 0.184. The fourth-order valence-electron chi connectivity index (χ4n) is 4.13. The lowest BCUT2D eigenvalue weighted by Crippen LogP contribution is -2.37. The number of aromatic nitrogens is 2. The van der Waals surface area contributed by atoms with Crippen LogP contribution in [0.5, 0.6) is 0 Å². The number of carbonyl (C=O) groups is 2. The highest BCUT2D eigenvalue weighted by Crippen LogP contribution is 2.18. The zero-order chi connectivity index (χ0) is 26.7. The molecule has 0 fully saturated rings. The average Bonchev–Trinajstić information content (AvgIpc) is 2.93. The second-order valence-corrected chi connectivity index (χ2v) is 9.37. The summed E-state index contributed by atoms with van der Waals surface area (Å²) in [5, 5.41) is 5.77. The number of carbonyl (C=O) groups excluding carboxylic acids is 2. The predicted molar refractivity (Wildman–Crippen MR) is 148 cm³/mol. The van der Waals surface area contributed by atoms with Gasteiger partial charge in [0.05, 0.1) is 11.1 Å². The van der Waals surface area contributed by atoms with E-state index in [2.05, 4.69) is 75.3 Å². The van der Waals surface area contributed by atoms with Gasteiger partial charge < -0.3 is 10.6 Å². The molecule has 2 heterocycles. The largest absolute Gasteiger partial charge is 0.352 e. The number of nitrogens with one attached hydrogen (secondary N) is 2. The molecule has 0 saturated carbocycles. The van der Waals surface area contributed by atoms with Crippen LogP contribution in [0.15, 0.2) is 116 Å². The Kier molecular flexibility index (Phi) is 9.13.